The van der Waals surface area contributed by atoms with Crippen molar-refractivity contribution >= 4 is 0 Å². The quantitative estimate of drug-likeness (QED) is 0.788. The number of hydrogen-bond acceptors (Lipinski definition) is 1. The number of halogens is 6. The first-order chi connectivity index (χ1) is 9.63. The third-order valence-corrected chi connectivity index (χ3v) is 3.83. The number of rotatable bonds is 2. The van der Waals surface area contributed by atoms with Crippen molar-refractivity contribution in [3.8, 4) is 0 Å². The molecular weight excluding hydrogens is 296 g/mol. The van der Waals surface area contributed by atoms with E-state index in [9.17, 15) is 26.3 Å². The number of nitrogens with one attached hydrogen (secondary N) is 1. The van der Waals surface area contributed by atoms with Gasteiger partial charge in [-0.15, -0.1) is 0 Å². The van der Waals surface area contributed by atoms with Crippen LogP contribution in [0.3, 0.4) is 0 Å². The average molecular weight is 311 g/mol. The summed E-state index contributed by atoms with van der Waals surface area (Å²) in [6.45, 7) is 2.45. The minimum atomic E-state index is -4.79. The van der Waals surface area contributed by atoms with Gasteiger partial charge >= 0.3 is 12.4 Å². The van der Waals surface area contributed by atoms with E-state index in [1.54, 1.807) is 0 Å². The van der Waals surface area contributed by atoms with Crippen LogP contribution in [0.2, 0.25) is 0 Å². The van der Waals surface area contributed by atoms with Crippen molar-refractivity contribution in [3.63, 3.8) is 0 Å². The van der Waals surface area contributed by atoms with Gasteiger partial charge in [-0.2, -0.15) is 26.3 Å². The van der Waals surface area contributed by atoms with Gasteiger partial charge in [0.25, 0.3) is 0 Å². The highest BCUT2D eigenvalue weighted by molar-refractivity contribution is 5.36. The minimum absolute atomic E-state index is 0.0884. The van der Waals surface area contributed by atoms with E-state index in [2.05, 4.69) is 5.32 Å². The SMILES string of the molecule is CCC1NCCC1c1cc(C(F)(F)F)cc(C(F)(F)F)c1. The summed E-state index contributed by atoms with van der Waals surface area (Å²) in [6, 6.07) is 1.77. The average Bonchev–Trinajstić information content (AvgIpc) is 2.84. The molecule has 21 heavy (non-hydrogen) atoms. The van der Waals surface area contributed by atoms with Gasteiger partial charge in [0.15, 0.2) is 0 Å². The molecule has 1 aliphatic heterocycles. The maximum atomic E-state index is 12.8. The molecule has 1 saturated heterocycles. The number of alkyl halides is 6. The Labute approximate surface area is 118 Å². The molecule has 1 aromatic carbocycles. The molecule has 0 aliphatic carbocycles. The van der Waals surface area contributed by atoms with Crippen LogP contribution < -0.4 is 5.32 Å². The lowest BCUT2D eigenvalue weighted by Crippen LogP contribution is -2.25. The van der Waals surface area contributed by atoms with E-state index in [4.69, 9.17) is 0 Å². The van der Waals surface area contributed by atoms with E-state index in [0.29, 0.717) is 19.4 Å². The van der Waals surface area contributed by atoms with Gasteiger partial charge in [-0.25, -0.2) is 0 Å². The molecule has 118 valence electrons. The molecule has 2 unspecified atom stereocenters. The third kappa shape index (κ3) is 3.51. The van der Waals surface area contributed by atoms with Crippen LogP contribution in [-0.4, -0.2) is 12.6 Å². The summed E-state index contributed by atoms with van der Waals surface area (Å²) in [4.78, 5) is 0. The van der Waals surface area contributed by atoms with Crippen molar-refractivity contribution in [1.29, 1.82) is 0 Å². The zero-order valence-corrected chi connectivity index (χ0v) is 11.3. The Hall–Kier alpha value is -1.24. The third-order valence-electron chi connectivity index (χ3n) is 3.83. The Bertz CT molecular complexity index is 473. The maximum absolute atomic E-state index is 12.8. The first-order valence-corrected chi connectivity index (χ1v) is 6.65. The first-order valence-electron chi connectivity index (χ1n) is 6.65. The summed E-state index contributed by atoms with van der Waals surface area (Å²) in [5.41, 5.74) is -2.38. The first kappa shape index (κ1) is 16.1. The second kappa shape index (κ2) is 5.51. The van der Waals surface area contributed by atoms with Crippen molar-refractivity contribution in [2.24, 2.45) is 0 Å². The Morgan fingerprint density at radius 1 is 1.00 bits per heavy atom. The Morgan fingerprint density at radius 3 is 1.95 bits per heavy atom. The van der Waals surface area contributed by atoms with Crippen LogP contribution in [0.1, 0.15) is 42.4 Å². The molecule has 1 fully saturated rings. The summed E-state index contributed by atoms with van der Waals surface area (Å²) in [5, 5.41) is 3.11. The molecule has 7 heteroatoms. The molecule has 1 N–H and O–H groups in total. The molecule has 0 spiro atoms. The Kier molecular flexibility index (Phi) is 4.24. The van der Waals surface area contributed by atoms with Crippen LogP contribution in [-0.2, 0) is 12.4 Å². The molecule has 2 atom stereocenters. The smallest absolute Gasteiger partial charge is 0.313 e. The predicted molar refractivity (Wildman–Crippen MR) is 65.9 cm³/mol. The summed E-state index contributed by atoms with van der Waals surface area (Å²) >= 11 is 0. The van der Waals surface area contributed by atoms with Crippen molar-refractivity contribution in [2.45, 2.75) is 44.1 Å². The largest absolute Gasteiger partial charge is 0.416 e. The summed E-state index contributed by atoms with van der Waals surface area (Å²) < 4.78 is 76.9. The van der Waals surface area contributed by atoms with Gasteiger partial charge in [0.05, 0.1) is 11.1 Å². The van der Waals surface area contributed by atoms with E-state index in [0.717, 1.165) is 12.1 Å². The van der Waals surface area contributed by atoms with E-state index < -0.39 is 23.5 Å². The fraction of sp³-hybridized carbons (Fsp3) is 0.571. The highest BCUT2D eigenvalue weighted by atomic mass is 19.4. The number of benzene rings is 1. The van der Waals surface area contributed by atoms with Crippen LogP contribution in [0.4, 0.5) is 26.3 Å². The fourth-order valence-corrected chi connectivity index (χ4v) is 2.79. The van der Waals surface area contributed by atoms with E-state index in [1.807, 2.05) is 6.92 Å². The molecule has 0 amide bonds. The van der Waals surface area contributed by atoms with Crippen LogP contribution in [0, 0.1) is 0 Å². The van der Waals surface area contributed by atoms with E-state index in [-0.39, 0.29) is 23.6 Å². The van der Waals surface area contributed by atoms with E-state index >= 15 is 0 Å². The summed E-state index contributed by atoms with van der Waals surface area (Å²) in [6.07, 6.45) is -8.38. The van der Waals surface area contributed by atoms with Crippen LogP contribution in [0.5, 0.6) is 0 Å². The summed E-state index contributed by atoms with van der Waals surface area (Å²) in [5.74, 6) is -0.321. The van der Waals surface area contributed by atoms with E-state index in [1.165, 1.54) is 0 Å². The number of hydrogen-bond donors (Lipinski definition) is 1. The molecule has 0 radical (unpaired) electrons. The fourth-order valence-electron chi connectivity index (χ4n) is 2.79. The summed E-state index contributed by atoms with van der Waals surface area (Å²) in [7, 11) is 0. The lowest BCUT2D eigenvalue weighted by molar-refractivity contribution is -0.143. The highest BCUT2D eigenvalue weighted by Crippen LogP contribution is 2.39. The van der Waals surface area contributed by atoms with Crippen molar-refractivity contribution in [3.05, 3.63) is 34.9 Å². The predicted octanol–water partition coefficient (Wildman–Crippen LogP) is 4.58. The van der Waals surface area contributed by atoms with Gasteiger partial charge in [-0.3, -0.25) is 0 Å². The molecule has 0 aromatic heterocycles. The molecule has 1 aromatic rings. The molecule has 0 bridgehead atoms. The highest BCUT2D eigenvalue weighted by Gasteiger charge is 2.38. The van der Waals surface area contributed by atoms with Crippen LogP contribution in [0.15, 0.2) is 18.2 Å². The molecule has 2 rings (SSSR count). The second-order valence-corrected chi connectivity index (χ2v) is 5.20. The lowest BCUT2D eigenvalue weighted by atomic mass is 9.88. The molecule has 1 aliphatic rings. The minimum Gasteiger partial charge on any atom is -0.313 e. The standard InChI is InChI=1S/C14H15F6N/c1-2-12-11(3-4-21-12)8-5-9(13(15,16)17)7-10(6-8)14(18,19)20/h5-7,11-12,21H,2-4H2,1H3. The monoisotopic (exact) mass is 311 g/mol. The van der Waals surface area contributed by atoms with Crippen molar-refractivity contribution in [1.82, 2.24) is 5.32 Å². The van der Waals surface area contributed by atoms with Gasteiger partial charge in [0.1, 0.15) is 0 Å². The van der Waals surface area contributed by atoms with Crippen LogP contribution >= 0.6 is 0 Å². The lowest BCUT2D eigenvalue weighted by Gasteiger charge is -2.21. The molecular formula is C14H15F6N. The van der Waals surface area contributed by atoms with Crippen molar-refractivity contribution in [2.75, 3.05) is 6.54 Å². The second-order valence-electron chi connectivity index (χ2n) is 5.20. The molecule has 1 nitrogen and oxygen atoms in total. The van der Waals surface area contributed by atoms with Gasteiger partial charge in [0.2, 0.25) is 0 Å². The zero-order valence-electron chi connectivity index (χ0n) is 11.3. The topological polar surface area (TPSA) is 12.0 Å². The van der Waals surface area contributed by atoms with Crippen molar-refractivity contribution < 1.29 is 26.3 Å². The van der Waals surface area contributed by atoms with Gasteiger partial charge in [-0.1, -0.05) is 6.92 Å². The Morgan fingerprint density at radius 2 is 1.52 bits per heavy atom. The normalized spacial score (nSPS) is 23.6. The van der Waals surface area contributed by atoms with Gasteiger partial charge < -0.3 is 5.32 Å². The zero-order chi connectivity index (χ0) is 15.8. The molecule has 0 saturated carbocycles. The molecule has 1 heterocycles. The van der Waals surface area contributed by atoms with Gasteiger partial charge in [-0.05, 0) is 43.1 Å². The van der Waals surface area contributed by atoms with Gasteiger partial charge in [0, 0.05) is 12.0 Å². The maximum Gasteiger partial charge on any atom is 0.416 e. The van der Waals surface area contributed by atoms with Crippen LogP contribution in [0.25, 0.3) is 0 Å². The Balaban J connectivity index is 2.50.